The Hall–Kier alpha value is -0.280. The molecule has 0 bridgehead atoms. The van der Waals surface area contributed by atoms with E-state index in [1.165, 1.54) is 57.8 Å². The van der Waals surface area contributed by atoms with Crippen LogP contribution < -0.4 is 5.32 Å². The lowest BCUT2D eigenvalue weighted by atomic mass is 9.83. The lowest BCUT2D eigenvalue weighted by molar-refractivity contribution is -0.133. The summed E-state index contributed by atoms with van der Waals surface area (Å²) in [4.78, 5) is 14.8. The fraction of sp³-hybridized carbons (Fsp3) is 0.938. The van der Waals surface area contributed by atoms with Crippen LogP contribution in [0, 0.1) is 5.92 Å². The molecule has 3 nitrogen and oxygen atoms in total. The first-order valence-corrected chi connectivity index (χ1v) is 8.37. The van der Waals surface area contributed by atoms with Gasteiger partial charge in [0, 0.05) is 25.0 Å². The summed E-state index contributed by atoms with van der Waals surface area (Å²) in [6, 6.07) is 1.04. The van der Waals surface area contributed by atoms with E-state index < -0.39 is 0 Å². The van der Waals surface area contributed by atoms with Crippen LogP contribution in [0.2, 0.25) is 0 Å². The number of carbonyl (C=O) groups excluding carboxylic acids is 1. The molecule has 1 amide bonds. The van der Waals surface area contributed by atoms with Gasteiger partial charge in [-0.05, 0) is 51.0 Å². The lowest BCUT2D eigenvalue weighted by Gasteiger charge is -2.34. The van der Waals surface area contributed by atoms with E-state index in [1.54, 1.807) is 0 Å². The number of halogens is 1. The molecule has 3 fully saturated rings. The maximum atomic E-state index is 12.5. The molecule has 2 saturated heterocycles. The van der Waals surface area contributed by atoms with Crippen molar-refractivity contribution in [2.75, 3.05) is 13.1 Å². The summed E-state index contributed by atoms with van der Waals surface area (Å²) in [5, 5.41) is 3.46. The third-order valence-electron chi connectivity index (χ3n) is 5.40. The highest BCUT2D eigenvalue weighted by Crippen LogP contribution is 2.34. The average Bonchev–Trinajstić information content (AvgIpc) is 3.10. The van der Waals surface area contributed by atoms with Crippen LogP contribution in [-0.4, -0.2) is 36.0 Å². The van der Waals surface area contributed by atoms with Crippen LogP contribution in [0.3, 0.4) is 0 Å². The van der Waals surface area contributed by atoms with E-state index in [4.69, 9.17) is 0 Å². The minimum atomic E-state index is 0. The summed E-state index contributed by atoms with van der Waals surface area (Å²) in [5.41, 5.74) is 0. The van der Waals surface area contributed by atoms with Gasteiger partial charge in [0.25, 0.3) is 0 Å². The van der Waals surface area contributed by atoms with Crippen molar-refractivity contribution in [1.29, 1.82) is 0 Å². The molecular weight excluding hydrogens is 272 g/mol. The molecule has 2 unspecified atom stereocenters. The number of hydrogen-bond acceptors (Lipinski definition) is 2. The molecule has 1 N–H and O–H groups in total. The van der Waals surface area contributed by atoms with Gasteiger partial charge in [0.15, 0.2) is 0 Å². The molecule has 2 heterocycles. The molecule has 116 valence electrons. The molecule has 4 heteroatoms. The summed E-state index contributed by atoms with van der Waals surface area (Å²) in [7, 11) is 0. The van der Waals surface area contributed by atoms with Gasteiger partial charge in [0.1, 0.15) is 0 Å². The fourth-order valence-electron chi connectivity index (χ4n) is 4.37. The van der Waals surface area contributed by atoms with Crippen LogP contribution in [0.5, 0.6) is 0 Å². The van der Waals surface area contributed by atoms with E-state index in [0.717, 1.165) is 25.4 Å². The Balaban J connectivity index is 0.00000147. The summed E-state index contributed by atoms with van der Waals surface area (Å²) in [5.74, 6) is 1.23. The number of rotatable bonds is 3. The Kier molecular flexibility index (Phi) is 6.16. The first-order valence-electron chi connectivity index (χ1n) is 8.37. The van der Waals surface area contributed by atoms with Gasteiger partial charge in [-0.3, -0.25) is 4.79 Å². The smallest absolute Gasteiger partial charge is 0.224 e. The van der Waals surface area contributed by atoms with Gasteiger partial charge >= 0.3 is 0 Å². The molecule has 0 aromatic heterocycles. The number of nitrogens with one attached hydrogen (secondary N) is 1. The Bertz CT molecular complexity index is 312. The van der Waals surface area contributed by atoms with Gasteiger partial charge in [0.2, 0.25) is 5.91 Å². The van der Waals surface area contributed by atoms with Crippen LogP contribution >= 0.6 is 12.4 Å². The summed E-state index contributed by atoms with van der Waals surface area (Å²) >= 11 is 0. The van der Waals surface area contributed by atoms with Crippen molar-refractivity contribution in [3.63, 3.8) is 0 Å². The zero-order valence-electron chi connectivity index (χ0n) is 12.5. The number of carbonyl (C=O) groups is 1. The van der Waals surface area contributed by atoms with Crippen LogP contribution in [0.1, 0.15) is 64.2 Å². The third kappa shape index (κ3) is 3.67. The van der Waals surface area contributed by atoms with Gasteiger partial charge in [-0.1, -0.05) is 19.3 Å². The normalized spacial score (nSPS) is 31.3. The number of likely N-dealkylation sites (tertiary alicyclic amines) is 1. The summed E-state index contributed by atoms with van der Waals surface area (Å²) < 4.78 is 0. The van der Waals surface area contributed by atoms with E-state index in [9.17, 15) is 4.79 Å². The maximum absolute atomic E-state index is 12.5. The second-order valence-electron chi connectivity index (χ2n) is 6.69. The SMILES string of the molecule is Cl.O=C(CC1CCCN1)N1CCCC1C1CCCCC1. The average molecular weight is 301 g/mol. The molecule has 2 atom stereocenters. The first-order chi connectivity index (χ1) is 9.34. The van der Waals surface area contributed by atoms with Gasteiger partial charge in [-0.15, -0.1) is 12.4 Å². The van der Waals surface area contributed by atoms with Gasteiger partial charge in [-0.2, -0.15) is 0 Å². The summed E-state index contributed by atoms with van der Waals surface area (Å²) in [6.07, 6.45) is 12.5. The molecule has 1 aliphatic carbocycles. The lowest BCUT2D eigenvalue weighted by Crippen LogP contribution is -2.42. The molecule has 0 aromatic carbocycles. The van der Waals surface area contributed by atoms with Crippen molar-refractivity contribution >= 4 is 18.3 Å². The Labute approximate surface area is 129 Å². The van der Waals surface area contributed by atoms with Crippen molar-refractivity contribution in [2.45, 2.75) is 76.3 Å². The first kappa shape index (κ1) is 16.1. The predicted molar refractivity (Wildman–Crippen MR) is 84.2 cm³/mol. The van der Waals surface area contributed by atoms with Crippen molar-refractivity contribution < 1.29 is 4.79 Å². The zero-order chi connectivity index (χ0) is 13.1. The molecular formula is C16H29ClN2O. The van der Waals surface area contributed by atoms with E-state index in [2.05, 4.69) is 10.2 Å². The van der Waals surface area contributed by atoms with Gasteiger partial charge < -0.3 is 10.2 Å². The summed E-state index contributed by atoms with van der Waals surface area (Å²) in [6.45, 7) is 2.12. The highest BCUT2D eigenvalue weighted by molar-refractivity contribution is 5.85. The van der Waals surface area contributed by atoms with Crippen LogP contribution in [-0.2, 0) is 4.79 Å². The van der Waals surface area contributed by atoms with Gasteiger partial charge in [-0.25, -0.2) is 0 Å². The highest BCUT2D eigenvalue weighted by atomic mass is 35.5. The standard InChI is InChI=1S/C16H28N2O.ClH/c19-16(12-14-8-4-10-17-14)18-11-5-9-15(18)13-6-2-1-3-7-13;/h13-15,17H,1-12H2;1H. The van der Waals surface area contributed by atoms with E-state index in [-0.39, 0.29) is 12.4 Å². The monoisotopic (exact) mass is 300 g/mol. The largest absolute Gasteiger partial charge is 0.339 e. The van der Waals surface area contributed by atoms with Crippen molar-refractivity contribution in [2.24, 2.45) is 5.92 Å². The second kappa shape index (κ2) is 7.65. The molecule has 0 spiro atoms. The van der Waals surface area contributed by atoms with E-state index >= 15 is 0 Å². The second-order valence-corrected chi connectivity index (χ2v) is 6.69. The highest BCUT2D eigenvalue weighted by Gasteiger charge is 2.35. The molecule has 0 radical (unpaired) electrons. The zero-order valence-corrected chi connectivity index (χ0v) is 13.3. The van der Waals surface area contributed by atoms with Crippen molar-refractivity contribution in [3.05, 3.63) is 0 Å². The molecule has 1 saturated carbocycles. The van der Waals surface area contributed by atoms with Crippen molar-refractivity contribution in [3.8, 4) is 0 Å². The van der Waals surface area contributed by atoms with E-state index in [1.807, 2.05) is 0 Å². The van der Waals surface area contributed by atoms with Crippen molar-refractivity contribution in [1.82, 2.24) is 10.2 Å². The number of amides is 1. The van der Waals surface area contributed by atoms with E-state index in [0.29, 0.717) is 18.0 Å². The molecule has 20 heavy (non-hydrogen) atoms. The molecule has 3 aliphatic rings. The minimum absolute atomic E-state index is 0. The van der Waals surface area contributed by atoms with Gasteiger partial charge in [0.05, 0.1) is 0 Å². The number of nitrogens with zero attached hydrogens (tertiary/aromatic N) is 1. The predicted octanol–water partition coefficient (Wildman–Crippen LogP) is 3.12. The molecule has 0 aromatic rings. The van der Waals surface area contributed by atoms with Crippen LogP contribution in [0.15, 0.2) is 0 Å². The number of hydrogen-bond donors (Lipinski definition) is 1. The Morgan fingerprint density at radius 3 is 2.50 bits per heavy atom. The minimum Gasteiger partial charge on any atom is -0.339 e. The topological polar surface area (TPSA) is 32.3 Å². The Morgan fingerprint density at radius 1 is 1.00 bits per heavy atom. The maximum Gasteiger partial charge on any atom is 0.224 e. The van der Waals surface area contributed by atoms with Crippen LogP contribution in [0.4, 0.5) is 0 Å². The molecule has 3 rings (SSSR count). The third-order valence-corrected chi connectivity index (χ3v) is 5.40. The molecule has 2 aliphatic heterocycles. The van der Waals surface area contributed by atoms with Crippen LogP contribution in [0.25, 0.3) is 0 Å². The quantitative estimate of drug-likeness (QED) is 0.868. The fourth-order valence-corrected chi connectivity index (χ4v) is 4.37. The Morgan fingerprint density at radius 2 is 1.80 bits per heavy atom.